The lowest BCUT2D eigenvalue weighted by atomic mass is 10.2. The summed E-state index contributed by atoms with van der Waals surface area (Å²) < 4.78 is 10.4. The van der Waals surface area contributed by atoms with Crippen LogP contribution in [0.4, 0.5) is 11.5 Å². The van der Waals surface area contributed by atoms with Crippen molar-refractivity contribution < 1.29 is 14.3 Å². The minimum Gasteiger partial charge on any atom is -0.497 e. The second-order valence-electron chi connectivity index (χ2n) is 5.57. The number of ether oxygens (including phenoxy) is 2. The van der Waals surface area contributed by atoms with E-state index in [-0.39, 0.29) is 11.6 Å². The maximum atomic E-state index is 12.4. The number of benzene rings is 1. The number of unbranched alkanes of at least 4 members (excludes halogenated alkanes) is 1. The molecule has 0 aliphatic heterocycles. The summed E-state index contributed by atoms with van der Waals surface area (Å²) in [6.07, 6.45) is 2.19. The second-order valence-corrected chi connectivity index (χ2v) is 5.57. The third-order valence-electron chi connectivity index (χ3n) is 3.78. The van der Waals surface area contributed by atoms with Gasteiger partial charge in [-0.3, -0.25) is 4.79 Å². The Labute approximate surface area is 148 Å². The molecule has 0 radical (unpaired) electrons. The number of aromatic nitrogens is 2. The third kappa shape index (κ3) is 4.82. The van der Waals surface area contributed by atoms with Gasteiger partial charge in [-0.2, -0.15) is 0 Å². The average Bonchev–Trinajstić information content (AvgIpc) is 2.66. The van der Waals surface area contributed by atoms with E-state index in [2.05, 4.69) is 22.4 Å². The van der Waals surface area contributed by atoms with E-state index in [0.717, 1.165) is 25.2 Å². The quantitative estimate of drug-likeness (QED) is 0.793. The Morgan fingerprint density at radius 1 is 1.16 bits per heavy atom. The summed E-state index contributed by atoms with van der Waals surface area (Å²) in [4.78, 5) is 14.4. The summed E-state index contributed by atoms with van der Waals surface area (Å²) in [7, 11) is 5.06. The van der Waals surface area contributed by atoms with Gasteiger partial charge < -0.3 is 19.7 Å². The summed E-state index contributed by atoms with van der Waals surface area (Å²) in [6, 6.07) is 8.62. The standard InChI is InChI=1S/C18H24N4O3/c1-5-6-11-22(2)17-10-9-15(20-21-17)18(23)19-14-8-7-13(24-3)12-16(14)25-4/h7-10,12H,5-6,11H2,1-4H3,(H,19,23). The molecule has 0 bridgehead atoms. The largest absolute Gasteiger partial charge is 0.497 e. The number of rotatable bonds is 8. The SMILES string of the molecule is CCCCN(C)c1ccc(C(=O)Nc2ccc(OC)cc2OC)nn1. The third-order valence-corrected chi connectivity index (χ3v) is 3.78. The number of carbonyl (C=O) groups is 1. The highest BCUT2D eigenvalue weighted by molar-refractivity contribution is 6.03. The maximum absolute atomic E-state index is 12.4. The monoisotopic (exact) mass is 344 g/mol. The van der Waals surface area contributed by atoms with E-state index in [1.54, 1.807) is 37.4 Å². The summed E-state index contributed by atoms with van der Waals surface area (Å²) in [5, 5.41) is 10.9. The normalized spacial score (nSPS) is 10.2. The lowest BCUT2D eigenvalue weighted by Crippen LogP contribution is -2.21. The highest BCUT2D eigenvalue weighted by Gasteiger charge is 2.13. The zero-order valence-electron chi connectivity index (χ0n) is 15.1. The van der Waals surface area contributed by atoms with Gasteiger partial charge in [-0.05, 0) is 30.7 Å². The van der Waals surface area contributed by atoms with Crippen molar-refractivity contribution in [3.05, 3.63) is 36.0 Å². The average molecular weight is 344 g/mol. The van der Waals surface area contributed by atoms with Crippen LogP contribution in [-0.4, -0.2) is 43.9 Å². The van der Waals surface area contributed by atoms with Crippen molar-refractivity contribution in [3.63, 3.8) is 0 Å². The van der Waals surface area contributed by atoms with Gasteiger partial charge in [-0.15, -0.1) is 10.2 Å². The van der Waals surface area contributed by atoms with Crippen LogP contribution in [0.25, 0.3) is 0 Å². The van der Waals surface area contributed by atoms with Gasteiger partial charge in [-0.1, -0.05) is 13.3 Å². The fourth-order valence-corrected chi connectivity index (χ4v) is 2.25. The molecule has 134 valence electrons. The number of hydrogen-bond acceptors (Lipinski definition) is 6. The van der Waals surface area contributed by atoms with E-state index in [4.69, 9.17) is 9.47 Å². The highest BCUT2D eigenvalue weighted by Crippen LogP contribution is 2.29. The van der Waals surface area contributed by atoms with Crippen LogP contribution in [0.1, 0.15) is 30.3 Å². The molecule has 2 aromatic rings. The zero-order valence-corrected chi connectivity index (χ0v) is 15.1. The molecule has 0 fully saturated rings. The first-order valence-corrected chi connectivity index (χ1v) is 8.17. The molecule has 0 aliphatic rings. The predicted molar refractivity (Wildman–Crippen MR) is 97.7 cm³/mol. The van der Waals surface area contributed by atoms with E-state index < -0.39 is 0 Å². The van der Waals surface area contributed by atoms with Gasteiger partial charge >= 0.3 is 0 Å². The second kappa shape index (κ2) is 8.86. The molecule has 2 rings (SSSR count). The summed E-state index contributed by atoms with van der Waals surface area (Å²) in [6.45, 7) is 3.04. The number of carbonyl (C=O) groups excluding carboxylic acids is 1. The summed E-state index contributed by atoms with van der Waals surface area (Å²) >= 11 is 0. The van der Waals surface area contributed by atoms with Crippen LogP contribution < -0.4 is 19.7 Å². The number of hydrogen-bond donors (Lipinski definition) is 1. The predicted octanol–water partition coefficient (Wildman–Crippen LogP) is 2.98. The minimum absolute atomic E-state index is 0.241. The summed E-state index contributed by atoms with van der Waals surface area (Å²) in [5.41, 5.74) is 0.782. The molecule has 1 N–H and O–H groups in total. The van der Waals surface area contributed by atoms with Crippen LogP contribution >= 0.6 is 0 Å². The first-order chi connectivity index (χ1) is 12.1. The van der Waals surface area contributed by atoms with Crippen molar-refractivity contribution >= 4 is 17.4 Å². The molecule has 0 spiro atoms. The fourth-order valence-electron chi connectivity index (χ4n) is 2.25. The van der Waals surface area contributed by atoms with E-state index in [1.165, 1.54) is 7.11 Å². The van der Waals surface area contributed by atoms with Crippen molar-refractivity contribution in [2.24, 2.45) is 0 Å². The molecular weight excluding hydrogens is 320 g/mol. The molecule has 0 atom stereocenters. The van der Waals surface area contributed by atoms with Crippen molar-refractivity contribution in [1.29, 1.82) is 0 Å². The van der Waals surface area contributed by atoms with Gasteiger partial charge in [0.05, 0.1) is 19.9 Å². The Morgan fingerprint density at radius 3 is 2.56 bits per heavy atom. The minimum atomic E-state index is -0.348. The molecule has 25 heavy (non-hydrogen) atoms. The molecular formula is C18H24N4O3. The number of anilines is 2. The first kappa shape index (κ1) is 18.5. The smallest absolute Gasteiger partial charge is 0.276 e. The van der Waals surface area contributed by atoms with Crippen molar-refractivity contribution in [2.45, 2.75) is 19.8 Å². The van der Waals surface area contributed by atoms with E-state index >= 15 is 0 Å². The van der Waals surface area contributed by atoms with Gasteiger partial charge in [0.2, 0.25) is 0 Å². The Kier molecular flexibility index (Phi) is 6.56. The molecule has 7 heteroatoms. The Balaban J connectivity index is 2.08. The zero-order chi connectivity index (χ0) is 18.2. The number of nitrogens with one attached hydrogen (secondary N) is 1. The first-order valence-electron chi connectivity index (χ1n) is 8.17. The number of methoxy groups -OCH3 is 2. The van der Waals surface area contributed by atoms with Gasteiger partial charge in [-0.25, -0.2) is 0 Å². The van der Waals surface area contributed by atoms with Gasteiger partial charge in [0.15, 0.2) is 11.5 Å². The number of amides is 1. The van der Waals surface area contributed by atoms with Crippen molar-refractivity contribution in [1.82, 2.24) is 10.2 Å². The van der Waals surface area contributed by atoms with Crippen LogP contribution in [0.15, 0.2) is 30.3 Å². The fraction of sp³-hybridized carbons (Fsp3) is 0.389. The lowest BCUT2D eigenvalue weighted by molar-refractivity contribution is 0.102. The molecule has 1 aromatic carbocycles. The van der Waals surface area contributed by atoms with Crippen molar-refractivity contribution in [3.8, 4) is 11.5 Å². The van der Waals surface area contributed by atoms with E-state index in [0.29, 0.717) is 17.2 Å². The lowest BCUT2D eigenvalue weighted by Gasteiger charge is -2.17. The van der Waals surface area contributed by atoms with Crippen LogP contribution in [0, 0.1) is 0 Å². The molecule has 0 saturated heterocycles. The maximum Gasteiger partial charge on any atom is 0.276 e. The van der Waals surface area contributed by atoms with Gasteiger partial charge in [0.25, 0.3) is 5.91 Å². The van der Waals surface area contributed by atoms with Crippen molar-refractivity contribution in [2.75, 3.05) is 38.0 Å². The molecule has 1 aromatic heterocycles. The Hall–Kier alpha value is -2.83. The van der Waals surface area contributed by atoms with Gasteiger partial charge in [0.1, 0.15) is 11.5 Å². The summed E-state index contributed by atoms with van der Waals surface area (Å²) in [5.74, 6) is 1.55. The molecule has 7 nitrogen and oxygen atoms in total. The molecule has 1 heterocycles. The molecule has 0 unspecified atom stereocenters. The molecule has 1 amide bonds. The van der Waals surface area contributed by atoms with Gasteiger partial charge in [0, 0.05) is 19.7 Å². The number of nitrogens with zero attached hydrogens (tertiary/aromatic N) is 3. The highest BCUT2D eigenvalue weighted by atomic mass is 16.5. The Morgan fingerprint density at radius 2 is 1.96 bits per heavy atom. The van der Waals surface area contributed by atoms with E-state index in [9.17, 15) is 4.79 Å². The molecule has 0 aliphatic carbocycles. The van der Waals surface area contributed by atoms with Crippen LogP contribution in [-0.2, 0) is 0 Å². The van der Waals surface area contributed by atoms with Crippen LogP contribution in [0.3, 0.4) is 0 Å². The van der Waals surface area contributed by atoms with Crippen LogP contribution in [0.5, 0.6) is 11.5 Å². The van der Waals surface area contributed by atoms with E-state index in [1.807, 2.05) is 11.9 Å². The Bertz CT molecular complexity index is 704. The van der Waals surface area contributed by atoms with Crippen LogP contribution in [0.2, 0.25) is 0 Å². The topological polar surface area (TPSA) is 76.6 Å². The molecule has 0 saturated carbocycles.